The van der Waals surface area contributed by atoms with Gasteiger partial charge in [-0.25, -0.2) is 33.1 Å². The molecule has 1 atom stereocenters. The molecule has 1 fully saturated rings. The van der Waals surface area contributed by atoms with Crippen molar-refractivity contribution in [1.29, 1.82) is 0 Å². The average Bonchev–Trinajstić information content (AvgIpc) is 3.55. The summed E-state index contributed by atoms with van der Waals surface area (Å²) < 4.78 is 36.8. The zero-order valence-corrected chi connectivity index (χ0v) is 28.6. The second-order valence-corrected chi connectivity index (χ2v) is 15.4. The summed E-state index contributed by atoms with van der Waals surface area (Å²) in [6.07, 6.45) is 5.80. The number of hydrogen-bond donors (Lipinski definition) is 0. The highest BCUT2D eigenvalue weighted by molar-refractivity contribution is 7.89. The van der Waals surface area contributed by atoms with Crippen LogP contribution in [0.5, 0.6) is 0 Å². The Balaban J connectivity index is 1.36. The van der Waals surface area contributed by atoms with Gasteiger partial charge in [0, 0.05) is 60.6 Å². The topological polar surface area (TPSA) is 131 Å². The molecule has 0 N–H and O–H groups in total. The van der Waals surface area contributed by atoms with Crippen molar-refractivity contribution in [2.24, 2.45) is 0 Å². The van der Waals surface area contributed by atoms with Crippen molar-refractivity contribution in [1.82, 2.24) is 28.7 Å². The van der Waals surface area contributed by atoms with E-state index in [1.165, 1.54) is 31.2 Å². The molecule has 2 aliphatic heterocycles. The van der Waals surface area contributed by atoms with Gasteiger partial charge in [-0.05, 0) is 57.0 Å². The summed E-state index contributed by atoms with van der Waals surface area (Å²) >= 11 is 12.6. The number of anilines is 2. The lowest BCUT2D eigenvalue weighted by molar-refractivity contribution is -0.124. The number of benzene rings is 2. The van der Waals surface area contributed by atoms with Crippen molar-refractivity contribution >= 4 is 56.9 Å². The van der Waals surface area contributed by atoms with E-state index in [0.717, 1.165) is 16.7 Å². The molecule has 2 amide bonds. The molecule has 12 nitrogen and oxygen atoms in total. The molecule has 246 valence electrons. The van der Waals surface area contributed by atoms with Gasteiger partial charge in [0.05, 0.1) is 11.9 Å². The minimum atomic E-state index is -4.17. The van der Waals surface area contributed by atoms with Crippen molar-refractivity contribution < 1.29 is 22.7 Å². The monoisotopic (exact) mass is 699 g/mol. The molecule has 2 aliphatic rings. The molecule has 0 unspecified atom stereocenters. The Bertz CT molecular complexity index is 1920. The Kier molecular flexibility index (Phi) is 8.54. The number of nitrogens with zero attached hydrogens (tertiary/aromatic N) is 7. The first-order valence-electron chi connectivity index (χ1n) is 14.9. The molecule has 4 aromatic rings. The first-order chi connectivity index (χ1) is 22.2. The first kappa shape index (κ1) is 32.9. The van der Waals surface area contributed by atoms with Crippen LogP contribution in [0.3, 0.4) is 0 Å². The SMILES string of the molecule is CC(C)(C)OC(=O)N1CCN(S(=O)(=O)c2cnc3n2[C@](C)(Cc2ccc(-c4cn[14cH]nc4)cc2)C(=O)N3c2cc(Cl)cc(Cl)c2)CC1. The number of amides is 2. The quantitative estimate of drug-likeness (QED) is 0.257. The van der Waals surface area contributed by atoms with Crippen LogP contribution in [0.15, 0.2) is 72.4 Å². The van der Waals surface area contributed by atoms with E-state index in [2.05, 4.69) is 15.0 Å². The fourth-order valence-electron chi connectivity index (χ4n) is 5.84. The molecule has 15 heteroatoms. The highest BCUT2D eigenvalue weighted by atomic mass is 35.5. The molecule has 4 heterocycles. The summed E-state index contributed by atoms with van der Waals surface area (Å²) in [4.78, 5) is 42.5. The summed E-state index contributed by atoms with van der Waals surface area (Å²) in [5.41, 5.74) is 0.801. The third kappa shape index (κ3) is 6.32. The molecule has 0 bridgehead atoms. The van der Waals surface area contributed by atoms with Crippen LogP contribution >= 0.6 is 23.2 Å². The number of imidazole rings is 1. The smallest absolute Gasteiger partial charge is 0.410 e. The van der Waals surface area contributed by atoms with Gasteiger partial charge in [-0.1, -0.05) is 47.5 Å². The van der Waals surface area contributed by atoms with E-state index in [-0.39, 0.29) is 43.6 Å². The molecule has 1 saturated heterocycles. The maximum Gasteiger partial charge on any atom is 0.410 e. The highest BCUT2D eigenvalue weighted by Crippen LogP contribution is 2.45. The number of carbonyl (C=O) groups excluding carboxylic acids is 2. The normalized spacial score (nSPS) is 18.8. The standard InChI is InChI=1S/C32H33Cl2N7O5S/c1-31(2,3)46-30(43)38-9-11-39(12-10-38)47(44,45)27-19-37-29-40(26-14-24(33)13-25(34)15-26)28(42)32(4,41(27)29)16-21-5-7-22(8-6-21)23-17-35-20-36-18-23/h5-8,13-15,17-20H,9-12,16H2,1-4H3/t32-/m1/s1/i20+2. The van der Waals surface area contributed by atoms with Crippen molar-refractivity contribution in [3.05, 3.63) is 83.0 Å². The van der Waals surface area contributed by atoms with E-state index in [1.807, 2.05) is 24.3 Å². The summed E-state index contributed by atoms with van der Waals surface area (Å²) in [6, 6.07) is 12.3. The fraction of sp³-hybridized carbons (Fsp3) is 0.344. The maximum absolute atomic E-state index is 14.4. The number of fused-ring (bicyclic) bond motifs is 1. The predicted octanol–water partition coefficient (Wildman–Crippen LogP) is 5.52. The molecule has 0 saturated carbocycles. The maximum atomic E-state index is 14.4. The molecule has 2 aromatic heterocycles. The second kappa shape index (κ2) is 12.2. The number of ether oxygens (including phenoxy) is 1. The molecule has 47 heavy (non-hydrogen) atoms. The number of sulfonamides is 1. The van der Waals surface area contributed by atoms with E-state index in [9.17, 15) is 18.0 Å². The van der Waals surface area contributed by atoms with E-state index in [1.54, 1.807) is 58.3 Å². The lowest BCUT2D eigenvalue weighted by atomic mass is 9.91. The lowest BCUT2D eigenvalue weighted by Gasteiger charge is -2.35. The number of carbonyl (C=O) groups is 2. The molecule has 0 radical (unpaired) electrons. The largest absolute Gasteiger partial charge is 0.444 e. The third-order valence-corrected chi connectivity index (χ3v) is 10.4. The van der Waals surface area contributed by atoms with E-state index in [0.29, 0.717) is 15.7 Å². The van der Waals surface area contributed by atoms with Crippen LogP contribution in [0.4, 0.5) is 16.4 Å². The molecule has 0 aliphatic carbocycles. The van der Waals surface area contributed by atoms with Crippen LogP contribution < -0.4 is 4.90 Å². The van der Waals surface area contributed by atoms with Crippen molar-refractivity contribution in [3.63, 3.8) is 0 Å². The van der Waals surface area contributed by atoms with Gasteiger partial charge in [-0.3, -0.25) is 9.36 Å². The summed E-state index contributed by atoms with van der Waals surface area (Å²) in [5.74, 6) is -0.273. The molecular weight excluding hydrogens is 667 g/mol. The number of piperazine rings is 1. The van der Waals surface area contributed by atoms with Gasteiger partial charge in [0.2, 0.25) is 5.95 Å². The summed E-state index contributed by atoms with van der Waals surface area (Å²) in [5, 5.41) is 0.481. The van der Waals surface area contributed by atoms with E-state index in [4.69, 9.17) is 27.9 Å². The van der Waals surface area contributed by atoms with E-state index >= 15 is 0 Å². The predicted molar refractivity (Wildman–Crippen MR) is 177 cm³/mol. The van der Waals surface area contributed by atoms with Gasteiger partial charge in [0.25, 0.3) is 15.9 Å². The average molecular weight is 701 g/mol. The van der Waals surface area contributed by atoms with Gasteiger partial charge < -0.3 is 9.64 Å². The zero-order chi connectivity index (χ0) is 33.7. The van der Waals surface area contributed by atoms with Gasteiger partial charge in [0.1, 0.15) is 17.5 Å². The van der Waals surface area contributed by atoms with Crippen LogP contribution in [-0.2, 0) is 31.5 Å². The van der Waals surface area contributed by atoms with Crippen LogP contribution in [0, 0.1) is 0 Å². The van der Waals surface area contributed by atoms with Gasteiger partial charge >= 0.3 is 6.09 Å². The highest BCUT2D eigenvalue weighted by Gasteiger charge is 2.52. The Labute approximate surface area is 282 Å². The third-order valence-electron chi connectivity index (χ3n) is 8.06. The van der Waals surface area contributed by atoms with Crippen LogP contribution in [0.1, 0.15) is 33.3 Å². The van der Waals surface area contributed by atoms with Gasteiger partial charge in [-0.15, -0.1) is 0 Å². The summed E-state index contributed by atoms with van der Waals surface area (Å²) in [7, 11) is -4.17. The summed E-state index contributed by atoms with van der Waals surface area (Å²) in [6.45, 7) is 7.42. The molecule has 2 aromatic carbocycles. The first-order valence-corrected chi connectivity index (χ1v) is 17.1. The molecular formula is C32H33Cl2N7O5S. The molecule has 6 rings (SSSR count). The van der Waals surface area contributed by atoms with Gasteiger partial charge in [0.15, 0.2) is 5.03 Å². The van der Waals surface area contributed by atoms with Crippen LogP contribution in [-0.4, -0.2) is 80.9 Å². The number of halogens is 2. The zero-order valence-electron chi connectivity index (χ0n) is 26.2. The van der Waals surface area contributed by atoms with Crippen LogP contribution in [0.25, 0.3) is 11.1 Å². The van der Waals surface area contributed by atoms with Crippen molar-refractivity contribution in [2.45, 2.75) is 50.3 Å². The number of aromatic nitrogens is 4. The van der Waals surface area contributed by atoms with Gasteiger partial charge in [-0.2, -0.15) is 4.31 Å². The lowest BCUT2D eigenvalue weighted by Crippen LogP contribution is -2.52. The Morgan fingerprint density at radius 3 is 2.17 bits per heavy atom. The Hall–Kier alpha value is -4.04. The van der Waals surface area contributed by atoms with Crippen LogP contribution in [0.2, 0.25) is 10.0 Å². The minimum absolute atomic E-state index is 0.0467. The van der Waals surface area contributed by atoms with E-state index < -0.39 is 33.2 Å². The Morgan fingerprint density at radius 2 is 1.57 bits per heavy atom. The number of hydrogen-bond acceptors (Lipinski definition) is 8. The van der Waals surface area contributed by atoms with Crippen molar-refractivity contribution in [3.8, 4) is 11.1 Å². The molecule has 0 spiro atoms. The van der Waals surface area contributed by atoms with Crippen molar-refractivity contribution in [2.75, 3.05) is 31.1 Å². The Morgan fingerprint density at radius 1 is 0.957 bits per heavy atom. The fourth-order valence-corrected chi connectivity index (χ4v) is 7.97. The number of rotatable bonds is 6. The second-order valence-electron chi connectivity index (χ2n) is 12.6. The minimum Gasteiger partial charge on any atom is -0.444 e.